The first-order valence-electron chi connectivity index (χ1n) is 5.77. The van der Waals surface area contributed by atoms with Crippen LogP contribution in [0.15, 0.2) is 24.3 Å². The average Bonchev–Trinajstić information content (AvgIpc) is 2.75. The van der Waals surface area contributed by atoms with Gasteiger partial charge in [-0.05, 0) is 31.9 Å². The number of nitrogens with zero attached hydrogens (tertiary/aromatic N) is 1. The summed E-state index contributed by atoms with van der Waals surface area (Å²) in [4.78, 5) is 0. The zero-order valence-electron chi connectivity index (χ0n) is 9.69. The Balaban J connectivity index is 2.06. The van der Waals surface area contributed by atoms with Gasteiger partial charge in [-0.1, -0.05) is 23.7 Å². The summed E-state index contributed by atoms with van der Waals surface area (Å²) >= 11 is 6.05. The molecular weight excluding hydrogens is 236 g/mol. The number of ether oxygens (including phenoxy) is 1. The Hall–Kier alpha value is -1.24. The fourth-order valence-corrected chi connectivity index (χ4v) is 2.22. The normalized spacial score (nSPS) is 25.2. The number of halogens is 1. The highest BCUT2D eigenvalue weighted by Gasteiger charge is 2.29. The fraction of sp³-hybridized carbons (Fsp3) is 0.462. The molecule has 3 atom stereocenters. The van der Waals surface area contributed by atoms with Crippen LogP contribution in [0.1, 0.15) is 19.8 Å². The second-order valence-electron chi connectivity index (χ2n) is 4.29. The number of rotatable bonds is 3. The molecule has 1 aromatic rings. The maximum atomic E-state index is 9.19. The highest BCUT2D eigenvalue weighted by atomic mass is 35.5. The number of nitrogens with one attached hydrogen (secondary N) is 1. The third kappa shape index (κ3) is 2.91. The maximum Gasteiger partial charge on any atom is 0.141 e. The summed E-state index contributed by atoms with van der Waals surface area (Å²) in [5, 5.41) is 13.0. The van der Waals surface area contributed by atoms with E-state index in [1.807, 2.05) is 25.1 Å². The van der Waals surface area contributed by atoms with E-state index in [4.69, 9.17) is 16.3 Å². The molecule has 0 spiro atoms. The van der Waals surface area contributed by atoms with Gasteiger partial charge in [-0.3, -0.25) is 0 Å². The molecule has 17 heavy (non-hydrogen) atoms. The van der Waals surface area contributed by atoms with Crippen LogP contribution in [-0.2, 0) is 4.74 Å². The minimum Gasteiger partial charge on any atom is -0.372 e. The predicted octanol–water partition coefficient (Wildman–Crippen LogP) is 3.21. The Morgan fingerprint density at radius 2 is 2.24 bits per heavy atom. The summed E-state index contributed by atoms with van der Waals surface area (Å²) in [5.41, 5.74) is 0.781. The Labute approximate surface area is 106 Å². The first-order chi connectivity index (χ1) is 8.20. The highest BCUT2D eigenvalue weighted by molar-refractivity contribution is 6.33. The van der Waals surface area contributed by atoms with Crippen LogP contribution in [0.25, 0.3) is 0 Å². The topological polar surface area (TPSA) is 45.0 Å². The molecular formula is C13H15ClN2O. The van der Waals surface area contributed by atoms with Gasteiger partial charge in [-0.2, -0.15) is 5.26 Å². The predicted molar refractivity (Wildman–Crippen MR) is 68.0 cm³/mol. The van der Waals surface area contributed by atoms with Crippen molar-refractivity contribution in [2.45, 2.75) is 38.0 Å². The Morgan fingerprint density at radius 1 is 1.47 bits per heavy atom. The lowest BCUT2D eigenvalue weighted by atomic mass is 10.1. The molecule has 3 unspecified atom stereocenters. The molecule has 1 fully saturated rings. The molecule has 0 bridgehead atoms. The third-order valence-electron chi connectivity index (χ3n) is 2.96. The Morgan fingerprint density at radius 3 is 2.82 bits per heavy atom. The van der Waals surface area contributed by atoms with E-state index in [-0.39, 0.29) is 18.2 Å². The SMILES string of the molecule is CC1CCC(C(C#N)Nc2ccccc2Cl)O1. The van der Waals surface area contributed by atoms with Gasteiger partial charge in [-0.15, -0.1) is 0 Å². The van der Waals surface area contributed by atoms with Gasteiger partial charge < -0.3 is 10.1 Å². The van der Waals surface area contributed by atoms with Crippen LogP contribution in [0, 0.1) is 11.3 Å². The summed E-state index contributed by atoms with van der Waals surface area (Å²) in [6.07, 6.45) is 2.11. The van der Waals surface area contributed by atoms with Gasteiger partial charge in [0, 0.05) is 0 Å². The van der Waals surface area contributed by atoms with E-state index >= 15 is 0 Å². The molecule has 0 saturated carbocycles. The van der Waals surface area contributed by atoms with Gasteiger partial charge in [0.1, 0.15) is 6.04 Å². The molecule has 0 amide bonds. The second-order valence-corrected chi connectivity index (χ2v) is 4.70. The average molecular weight is 251 g/mol. The van der Waals surface area contributed by atoms with E-state index in [1.165, 1.54) is 0 Å². The van der Waals surface area contributed by atoms with Crippen molar-refractivity contribution in [1.82, 2.24) is 0 Å². The van der Waals surface area contributed by atoms with Crippen molar-refractivity contribution in [3.05, 3.63) is 29.3 Å². The van der Waals surface area contributed by atoms with Crippen molar-refractivity contribution < 1.29 is 4.74 Å². The first-order valence-corrected chi connectivity index (χ1v) is 6.14. The summed E-state index contributed by atoms with van der Waals surface area (Å²) in [6, 6.07) is 9.32. The molecule has 1 heterocycles. The minimum atomic E-state index is -0.347. The molecule has 0 aromatic heterocycles. The van der Waals surface area contributed by atoms with Gasteiger partial charge in [-0.25, -0.2) is 0 Å². The zero-order valence-corrected chi connectivity index (χ0v) is 10.4. The molecule has 90 valence electrons. The molecule has 1 saturated heterocycles. The summed E-state index contributed by atoms with van der Waals surface area (Å²) in [6.45, 7) is 2.03. The van der Waals surface area contributed by atoms with Crippen LogP contribution < -0.4 is 5.32 Å². The lowest BCUT2D eigenvalue weighted by molar-refractivity contribution is 0.0534. The maximum absolute atomic E-state index is 9.19. The van der Waals surface area contributed by atoms with Crippen LogP contribution in [-0.4, -0.2) is 18.2 Å². The second kappa shape index (κ2) is 5.39. The van der Waals surface area contributed by atoms with Gasteiger partial charge in [0.2, 0.25) is 0 Å². The fourth-order valence-electron chi connectivity index (χ4n) is 2.03. The molecule has 0 radical (unpaired) electrons. The number of anilines is 1. The summed E-state index contributed by atoms with van der Waals surface area (Å²) < 4.78 is 5.70. The van der Waals surface area contributed by atoms with Crippen molar-refractivity contribution in [3.8, 4) is 6.07 Å². The van der Waals surface area contributed by atoms with Gasteiger partial charge in [0.25, 0.3) is 0 Å². The van der Waals surface area contributed by atoms with Crippen molar-refractivity contribution in [2.24, 2.45) is 0 Å². The molecule has 1 aliphatic rings. The molecule has 0 aliphatic carbocycles. The van der Waals surface area contributed by atoms with Crippen molar-refractivity contribution in [2.75, 3.05) is 5.32 Å². The lowest BCUT2D eigenvalue weighted by Gasteiger charge is -2.20. The molecule has 4 heteroatoms. The summed E-state index contributed by atoms with van der Waals surface area (Å²) in [7, 11) is 0. The van der Waals surface area contributed by atoms with Crippen molar-refractivity contribution >= 4 is 17.3 Å². The van der Waals surface area contributed by atoms with E-state index in [2.05, 4.69) is 11.4 Å². The van der Waals surface area contributed by atoms with E-state index in [9.17, 15) is 5.26 Å². The number of hydrogen-bond acceptors (Lipinski definition) is 3. The van der Waals surface area contributed by atoms with Crippen molar-refractivity contribution in [3.63, 3.8) is 0 Å². The standard InChI is InChI=1S/C13H15ClN2O/c1-9-6-7-13(17-9)12(8-15)16-11-5-3-2-4-10(11)14/h2-5,9,12-13,16H,6-7H2,1H3. The quantitative estimate of drug-likeness (QED) is 0.896. The van der Waals surface area contributed by atoms with Gasteiger partial charge in [0.15, 0.2) is 0 Å². The van der Waals surface area contributed by atoms with Gasteiger partial charge >= 0.3 is 0 Å². The molecule has 1 N–H and O–H groups in total. The number of nitriles is 1. The number of para-hydroxylation sites is 1. The highest BCUT2D eigenvalue weighted by Crippen LogP contribution is 2.26. The monoisotopic (exact) mass is 250 g/mol. The van der Waals surface area contributed by atoms with E-state index in [0.717, 1.165) is 18.5 Å². The first kappa shape index (κ1) is 12.2. The van der Waals surface area contributed by atoms with E-state index < -0.39 is 0 Å². The zero-order chi connectivity index (χ0) is 12.3. The van der Waals surface area contributed by atoms with Crippen LogP contribution in [0.2, 0.25) is 5.02 Å². The summed E-state index contributed by atoms with van der Waals surface area (Å²) in [5.74, 6) is 0. The largest absolute Gasteiger partial charge is 0.372 e. The Kier molecular flexibility index (Phi) is 3.88. The molecule has 1 aliphatic heterocycles. The van der Waals surface area contributed by atoms with Crippen LogP contribution >= 0.6 is 11.6 Å². The smallest absolute Gasteiger partial charge is 0.141 e. The van der Waals surface area contributed by atoms with Crippen molar-refractivity contribution in [1.29, 1.82) is 5.26 Å². The molecule has 1 aromatic carbocycles. The van der Waals surface area contributed by atoms with Gasteiger partial charge in [0.05, 0.1) is 29.0 Å². The molecule has 3 nitrogen and oxygen atoms in total. The third-order valence-corrected chi connectivity index (χ3v) is 3.29. The van der Waals surface area contributed by atoms with E-state index in [0.29, 0.717) is 5.02 Å². The van der Waals surface area contributed by atoms with Crippen LogP contribution in [0.5, 0.6) is 0 Å². The van der Waals surface area contributed by atoms with Crippen LogP contribution in [0.3, 0.4) is 0 Å². The van der Waals surface area contributed by atoms with Crippen LogP contribution in [0.4, 0.5) is 5.69 Å². The number of hydrogen-bond donors (Lipinski definition) is 1. The lowest BCUT2D eigenvalue weighted by Crippen LogP contribution is -2.32. The Bertz CT molecular complexity index is 430. The minimum absolute atomic E-state index is 0.0497. The van der Waals surface area contributed by atoms with E-state index in [1.54, 1.807) is 6.07 Å². The molecule has 2 rings (SSSR count). The number of benzene rings is 1.